The lowest BCUT2D eigenvalue weighted by Crippen LogP contribution is -2.41. The van der Waals surface area contributed by atoms with Crippen molar-refractivity contribution in [2.45, 2.75) is 26.4 Å². The van der Waals surface area contributed by atoms with Gasteiger partial charge in [-0.25, -0.2) is 4.39 Å². The van der Waals surface area contributed by atoms with Crippen molar-refractivity contribution >= 4 is 5.96 Å². The summed E-state index contributed by atoms with van der Waals surface area (Å²) in [6.07, 6.45) is 0. The number of hydrogen-bond acceptors (Lipinski definition) is 2. The number of hydrogen-bond donors (Lipinski definition) is 2. The molecule has 0 aliphatic heterocycles. The molecule has 0 aliphatic carbocycles. The number of benzene rings is 1. The summed E-state index contributed by atoms with van der Waals surface area (Å²) in [6, 6.07) is 7.26. The first-order valence-electron chi connectivity index (χ1n) is 6.92. The average Bonchev–Trinajstić information content (AvgIpc) is 2.43. The van der Waals surface area contributed by atoms with Crippen LogP contribution >= 0.6 is 0 Å². The highest BCUT2D eigenvalue weighted by Crippen LogP contribution is 2.05. The van der Waals surface area contributed by atoms with Gasteiger partial charge in [-0.05, 0) is 27.0 Å². The Morgan fingerprint density at radius 2 is 2.00 bits per heavy atom. The van der Waals surface area contributed by atoms with Crippen LogP contribution in [0.15, 0.2) is 29.3 Å². The number of aliphatic imine (C=N–C) groups is 1. The van der Waals surface area contributed by atoms with E-state index in [-0.39, 0.29) is 5.82 Å². The summed E-state index contributed by atoms with van der Waals surface area (Å²) < 4.78 is 13.5. The van der Waals surface area contributed by atoms with Crippen molar-refractivity contribution in [3.8, 4) is 0 Å². The number of guanidine groups is 1. The SMILES string of the molecule is CN=C(NCCN(C)C(C)C)NCc1ccccc1F. The van der Waals surface area contributed by atoms with Gasteiger partial charge < -0.3 is 15.5 Å². The van der Waals surface area contributed by atoms with Gasteiger partial charge in [-0.15, -0.1) is 0 Å². The molecule has 0 aliphatic rings. The molecular formula is C15H25FN4. The van der Waals surface area contributed by atoms with Crippen LogP contribution in [0.4, 0.5) is 4.39 Å². The van der Waals surface area contributed by atoms with E-state index in [2.05, 4.69) is 41.4 Å². The van der Waals surface area contributed by atoms with Crippen LogP contribution in [0.5, 0.6) is 0 Å². The van der Waals surface area contributed by atoms with Crippen LogP contribution in [-0.2, 0) is 6.54 Å². The van der Waals surface area contributed by atoms with Gasteiger partial charge in [0, 0.05) is 38.3 Å². The predicted octanol–water partition coefficient (Wildman–Crippen LogP) is 1.83. The molecule has 0 unspecified atom stereocenters. The third kappa shape index (κ3) is 5.57. The molecule has 0 aromatic heterocycles. The van der Waals surface area contributed by atoms with Crippen molar-refractivity contribution in [3.63, 3.8) is 0 Å². The highest BCUT2D eigenvalue weighted by atomic mass is 19.1. The van der Waals surface area contributed by atoms with Gasteiger partial charge >= 0.3 is 0 Å². The van der Waals surface area contributed by atoms with Crippen molar-refractivity contribution in [3.05, 3.63) is 35.6 Å². The van der Waals surface area contributed by atoms with E-state index >= 15 is 0 Å². The number of halogens is 1. The standard InChI is InChI=1S/C15H25FN4/c1-12(2)20(4)10-9-18-15(17-3)19-11-13-7-5-6-8-14(13)16/h5-8,12H,9-11H2,1-4H3,(H2,17,18,19). The lowest BCUT2D eigenvalue weighted by Gasteiger charge is -2.21. The molecule has 0 saturated carbocycles. The highest BCUT2D eigenvalue weighted by molar-refractivity contribution is 5.79. The fraction of sp³-hybridized carbons (Fsp3) is 0.533. The molecule has 0 saturated heterocycles. The zero-order chi connectivity index (χ0) is 15.0. The van der Waals surface area contributed by atoms with E-state index in [9.17, 15) is 4.39 Å². The molecule has 5 heteroatoms. The highest BCUT2D eigenvalue weighted by Gasteiger charge is 2.04. The van der Waals surface area contributed by atoms with Crippen molar-refractivity contribution < 1.29 is 4.39 Å². The molecule has 112 valence electrons. The second-order valence-electron chi connectivity index (χ2n) is 5.02. The van der Waals surface area contributed by atoms with Gasteiger partial charge in [0.25, 0.3) is 0 Å². The first kappa shape index (κ1) is 16.4. The van der Waals surface area contributed by atoms with Gasteiger partial charge in [-0.1, -0.05) is 18.2 Å². The smallest absolute Gasteiger partial charge is 0.191 e. The Morgan fingerprint density at radius 3 is 2.60 bits per heavy atom. The van der Waals surface area contributed by atoms with Gasteiger partial charge in [0.2, 0.25) is 0 Å². The number of rotatable bonds is 6. The Hall–Kier alpha value is -1.62. The van der Waals surface area contributed by atoms with Crippen LogP contribution in [0.1, 0.15) is 19.4 Å². The summed E-state index contributed by atoms with van der Waals surface area (Å²) in [5.41, 5.74) is 0.634. The van der Waals surface area contributed by atoms with E-state index in [1.54, 1.807) is 19.2 Å². The topological polar surface area (TPSA) is 39.7 Å². The predicted molar refractivity (Wildman–Crippen MR) is 82.4 cm³/mol. The summed E-state index contributed by atoms with van der Waals surface area (Å²) in [5, 5.41) is 6.33. The second-order valence-corrected chi connectivity index (χ2v) is 5.02. The van der Waals surface area contributed by atoms with E-state index in [1.807, 2.05) is 6.07 Å². The quantitative estimate of drug-likeness (QED) is 0.617. The molecule has 0 bridgehead atoms. The minimum absolute atomic E-state index is 0.199. The minimum atomic E-state index is -0.199. The first-order valence-corrected chi connectivity index (χ1v) is 6.92. The molecule has 0 spiro atoms. The average molecular weight is 280 g/mol. The molecular weight excluding hydrogens is 255 g/mol. The number of nitrogens with one attached hydrogen (secondary N) is 2. The lowest BCUT2D eigenvalue weighted by molar-refractivity contribution is 0.278. The Labute approximate surface area is 121 Å². The fourth-order valence-electron chi connectivity index (χ4n) is 1.65. The number of nitrogens with zero attached hydrogens (tertiary/aromatic N) is 2. The van der Waals surface area contributed by atoms with Crippen LogP contribution in [0.3, 0.4) is 0 Å². The Kier molecular flexibility index (Phi) is 7.01. The van der Waals surface area contributed by atoms with E-state index in [0.29, 0.717) is 24.1 Å². The summed E-state index contributed by atoms with van der Waals surface area (Å²) >= 11 is 0. The Bertz CT molecular complexity index is 432. The monoisotopic (exact) mass is 280 g/mol. The fourth-order valence-corrected chi connectivity index (χ4v) is 1.65. The summed E-state index contributed by atoms with van der Waals surface area (Å²) in [7, 11) is 3.80. The molecule has 0 radical (unpaired) electrons. The van der Waals surface area contributed by atoms with Crippen LogP contribution in [0, 0.1) is 5.82 Å². The maximum Gasteiger partial charge on any atom is 0.191 e. The molecule has 4 nitrogen and oxygen atoms in total. The van der Waals surface area contributed by atoms with Crippen LogP contribution in [0.25, 0.3) is 0 Å². The van der Waals surface area contributed by atoms with Gasteiger partial charge in [0.15, 0.2) is 5.96 Å². The normalized spacial score (nSPS) is 12.1. The molecule has 0 heterocycles. The van der Waals surface area contributed by atoms with Crippen LogP contribution < -0.4 is 10.6 Å². The molecule has 0 fully saturated rings. The largest absolute Gasteiger partial charge is 0.355 e. The van der Waals surface area contributed by atoms with Gasteiger partial charge in [-0.3, -0.25) is 4.99 Å². The van der Waals surface area contributed by atoms with Gasteiger partial charge in [-0.2, -0.15) is 0 Å². The third-order valence-electron chi connectivity index (χ3n) is 3.27. The summed E-state index contributed by atoms with van der Waals surface area (Å²) in [6.45, 7) is 6.46. The maximum atomic E-state index is 13.5. The van der Waals surface area contributed by atoms with E-state index in [1.165, 1.54) is 6.07 Å². The number of likely N-dealkylation sites (N-methyl/N-ethyl adjacent to an activating group) is 1. The molecule has 20 heavy (non-hydrogen) atoms. The minimum Gasteiger partial charge on any atom is -0.355 e. The van der Waals surface area contributed by atoms with Crippen LogP contribution in [-0.4, -0.2) is 44.1 Å². The van der Waals surface area contributed by atoms with Gasteiger partial charge in [0.1, 0.15) is 5.82 Å². The summed E-state index contributed by atoms with van der Waals surface area (Å²) in [4.78, 5) is 6.38. The molecule has 1 aromatic rings. The van der Waals surface area contributed by atoms with Crippen LogP contribution in [0.2, 0.25) is 0 Å². The molecule has 1 rings (SSSR count). The van der Waals surface area contributed by atoms with Crippen molar-refractivity contribution in [1.29, 1.82) is 0 Å². The van der Waals surface area contributed by atoms with Crippen molar-refractivity contribution in [2.75, 3.05) is 27.2 Å². The molecule has 0 atom stereocenters. The van der Waals surface area contributed by atoms with Gasteiger partial charge in [0.05, 0.1) is 0 Å². The van der Waals surface area contributed by atoms with E-state index in [0.717, 1.165) is 13.1 Å². The Balaban J connectivity index is 2.36. The molecule has 1 aromatic carbocycles. The van der Waals surface area contributed by atoms with Crippen molar-refractivity contribution in [1.82, 2.24) is 15.5 Å². The first-order chi connectivity index (χ1) is 9.54. The lowest BCUT2D eigenvalue weighted by atomic mass is 10.2. The summed E-state index contributed by atoms with van der Waals surface area (Å²) in [5.74, 6) is 0.486. The second kappa shape index (κ2) is 8.53. The van der Waals surface area contributed by atoms with Crippen molar-refractivity contribution in [2.24, 2.45) is 4.99 Å². The van der Waals surface area contributed by atoms with E-state index in [4.69, 9.17) is 0 Å². The third-order valence-corrected chi connectivity index (χ3v) is 3.27. The Morgan fingerprint density at radius 1 is 1.30 bits per heavy atom. The zero-order valence-electron chi connectivity index (χ0n) is 12.8. The van der Waals surface area contributed by atoms with E-state index < -0.39 is 0 Å². The zero-order valence-corrected chi connectivity index (χ0v) is 12.8. The maximum absolute atomic E-state index is 13.5. The molecule has 0 amide bonds. The molecule has 2 N–H and O–H groups in total.